The zero-order valence-corrected chi connectivity index (χ0v) is 14.9. The highest BCUT2D eigenvalue weighted by Crippen LogP contribution is 2.34. The van der Waals surface area contributed by atoms with Gasteiger partial charge in [0, 0.05) is 45.8 Å². The summed E-state index contributed by atoms with van der Waals surface area (Å²) in [6.45, 7) is 4.09. The Bertz CT molecular complexity index is 620. The van der Waals surface area contributed by atoms with Gasteiger partial charge in [0.25, 0.3) is 0 Å². The Hall–Kier alpha value is -2.04. The molecule has 0 N–H and O–H groups in total. The molecule has 2 aliphatic heterocycles. The number of rotatable bonds is 4. The standard InChI is InChI=1S/C19H27N3O2/c1-19(18(24)21-12-4-5-13-21)11-10-17(23)22(19)14-15-6-8-16(9-7-15)20(2)3/h6-9H,4-5,10-14H2,1-3H3/t19-/m1/s1. The number of amides is 2. The topological polar surface area (TPSA) is 43.9 Å². The molecule has 0 aromatic heterocycles. The predicted molar refractivity (Wildman–Crippen MR) is 94.8 cm³/mol. The van der Waals surface area contributed by atoms with Crippen LogP contribution in [0.25, 0.3) is 0 Å². The zero-order valence-electron chi connectivity index (χ0n) is 14.9. The first-order chi connectivity index (χ1) is 11.4. The highest BCUT2D eigenvalue weighted by molar-refractivity contribution is 5.94. The molecule has 2 saturated heterocycles. The predicted octanol–water partition coefficient (Wildman–Crippen LogP) is 2.26. The van der Waals surface area contributed by atoms with Crippen molar-refractivity contribution in [3.63, 3.8) is 0 Å². The number of hydrogen-bond acceptors (Lipinski definition) is 3. The van der Waals surface area contributed by atoms with Gasteiger partial charge in [-0.1, -0.05) is 12.1 Å². The summed E-state index contributed by atoms with van der Waals surface area (Å²) >= 11 is 0. The van der Waals surface area contributed by atoms with Crippen molar-refractivity contribution < 1.29 is 9.59 Å². The van der Waals surface area contributed by atoms with Gasteiger partial charge in [-0.25, -0.2) is 0 Å². The minimum Gasteiger partial charge on any atom is -0.378 e. The fourth-order valence-corrected chi connectivity index (χ4v) is 3.72. The van der Waals surface area contributed by atoms with Crippen molar-refractivity contribution in [2.45, 2.75) is 44.7 Å². The molecule has 1 aromatic carbocycles. The van der Waals surface area contributed by atoms with E-state index in [1.807, 2.05) is 43.0 Å². The molecule has 3 rings (SSSR count). The third kappa shape index (κ3) is 2.99. The average Bonchev–Trinajstić information content (AvgIpc) is 3.19. The molecule has 0 spiro atoms. The molecular weight excluding hydrogens is 302 g/mol. The van der Waals surface area contributed by atoms with Crippen LogP contribution >= 0.6 is 0 Å². The van der Waals surface area contributed by atoms with Crippen LogP contribution in [0.15, 0.2) is 24.3 Å². The summed E-state index contributed by atoms with van der Waals surface area (Å²) in [5.41, 5.74) is 1.50. The second-order valence-corrected chi connectivity index (χ2v) is 7.31. The van der Waals surface area contributed by atoms with Crippen molar-refractivity contribution in [1.82, 2.24) is 9.80 Å². The van der Waals surface area contributed by atoms with Crippen LogP contribution in [-0.2, 0) is 16.1 Å². The Kier molecular flexibility index (Phi) is 4.52. The van der Waals surface area contributed by atoms with E-state index in [-0.39, 0.29) is 11.8 Å². The summed E-state index contributed by atoms with van der Waals surface area (Å²) in [5.74, 6) is 0.206. The van der Waals surface area contributed by atoms with E-state index in [0.29, 0.717) is 19.4 Å². The number of anilines is 1. The molecule has 130 valence electrons. The van der Waals surface area contributed by atoms with Gasteiger partial charge >= 0.3 is 0 Å². The monoisotopic (exact) mass is 329 g/mol. The SMILES string of the molecule is CN(C)c1ccc(CN2C(=O)CC[C@]2(C)C(=O)N2CCCC2)cc1. The lowest BCUT2D eigenvalue weighted by molar-refractivity contribution is -0.147. The maximum atomic E-state index is 13.0. The Balaban J connectivity index is 1.78. The molecule has 1 aromatic rings. The van der Waals surface area contributed by atoms with E-state index in [2.05, 4.69) is 12.1 Å². The Labute approximate surface area is 144 Å². The van der Waals surface area contributed by atoms with Gasteiger partial charge in [0.15, 0.2) is 0 Å². The number of benzene rings is 1. The van der Waals surface area contributed by atoms with Crippen LogP contribution in [0.4, 0.5) is 5.69 Å². The fraction of sp³-hybridized carbons (Fsp3) is 0.579. The number of carbonyl (C=O) groups is 2. The van der Waals surface area contributed by atoms with E-state index in [0.717, 1.165) is 37.2 Å². The number of likely N-dealkylation sites (tertiary alicyclic amines) is 2. The maximum absolute atomic E-state index is 13.0. The van der Waals surface area contributed by atoms with Crippen LogP contribution in [0.1, 0.15) is 38.2 Å². The molecule has 2 aliphatic rings. The van der Waals surface area contributed by atoms with E-state index in [9.17, 15) is 9.59 Å². The van der Waals surface area contributed by atoms with Gasteiger partial charge in [-0.3, -0.25) is 9.59 Å². The Morgan fingerprint density at radius 3 is 2.38 bits per heavy atom. The highest BCUT2D eigenvalue weighted by Gasteiger charge is 2.49. The average molecular weight is 329 g/mol. The first kappa shape index (κ1) is 16.8. The molecule has 2 amide bonds. The van der Waals surface area contributed by atoms with Crippen LogP contribution < -0.4 is 4.90 Å². The molecule has 0 bridgehead atoms. The van der Waals surface area contributed by atoms with Gasteiger partial charge in [-0.2, -0.15) is 0 Å². The quantitative estimate of drug-likeness (QED) is 0.851. The Morgan fingerprint density at radius 2 is 1.79 bits per heavy atom. The molecule has 2 fully saturated rings. The highest BCUT2D eigenvalue weighted by atomic mass is 16.2. The number of carbonyl (C=O) groups excluding carboxylic acids is 2. The number of hydrogen-bond donors (Lipinski definition) is 0. The lowest BCUT2D eigenvalue weighted by Crippen LogP contribution is -2.54. The third-order valence-electron chi connectivity index (χ3n) is 5.37. The smallest absolute Gasteiger partial charge is 0.248 e. The summed E-state index contributed by atoms with van der Waals surface area (Å²) in [5, 5.41) is 0. The minimum absolute atomic E-state index is 0.0849. The van der Waals surface area contributed by atoms with Crippen LogP contribution in [0.5, 0.6) is 0 Å². The maximum Gasteiger partial charge on any atom is 0.248 e. The molecule has 24 heavy (non-hydrogen) atoms. The molecule has 5 nitrogen and oxygen atoms in total. The van der Waals surface area contributed by atoms with Crippen LogP contribution in [0.2, 0.25) is 0 Å². The molecule has 0 aliphatic carbocycles. The molecular formula is C19H27N3O2. The first-order valence-electron chi connectivity index (χ1n) is 8.78. The van der Waals surface area contributed by atoms with Gasteiger partial charge in [0.1, 0.15) is 5.54 Å². The normalized spacial score (nSPS) is 23.9. The molecule has 0 saturated carbocycles. The summed E-state index contributed by atoms with van der Waals surface area (Å²) in [6.07, 6.45) is 3.23. The lowest BCUT2D eigenvalue weighted by Gasteiger charge is -2.37. The zero-order chi connectivity index (χ0) is 17.3. The van der Waals surface area contributed by atoms with E-state index in [4.69, 9.17) is 0 Å². The molecule has 0 radical (unpaired) electrons. The van der Waals surface area contributed by atoms with Gasteiger partial charge in [-0.15, -0.1) is 0 Å². The van der Waals surface area contributed by atoms with E-state index in [1.165, 1.54) is 0 Å². The molecule has 5 heteroatoms. The van der Waals surface area contributed by atoms with E-state index < -0.39 is 5.54 Å². The lowest BCUT2D eigenvalue weighted by atomic mass is 9.96. The van der Waals surface area contributed by atoms with Crippen molar-refractivity contribution in [2.24, 2.45) is 0 Å². The van der Waals surface area contributed by atoms with Crippen molar-refractivity contribution in [3.05, 3.63) is 29.8 Å². The van der Waals surface area contributed by atoms with E-state index in [1.54, 1.807) is 4.90 Å². The van der Waals surface area contributed by atoms with Gasteiger partial charge in [0.2, 0.25) is 11.8 Å². The fourth-order valence-electron chi connectivity index (χ4n) is 3.72. The van der Waals surface area contributed by atoms with Crippen molar-refractivity contribution in [3.8, 4) is 0 Å². The van der Waals surface area contributed by atoms with Crippen LogP contribution in [0, 0.1) is 0 Å². The second kappa shape index (κ2) is 6.46. The van der Waals surface area contributed by atoms with Gasteiger partial charge in [0.05, 0.1) is 0 Å². The molecule has 1 atom stereocenters. The largest absolute Gasteiger partial charge is 0.378 e. The minimum atomic E-state index is -0.693. The third-order valence-corrected chi connectivity index (χ3v) is 5.37. The van der Waals surface area contributed by atoms with Crippen LogP contribution in [0.3, 0.4) is 0 Å². The van der Waals surface area contributed by atoms with Crippen molar-refractivity contribution in [1.29, 1.82) is 0 Å². The van der Waals surface area contributed by atoms with Crippen molar-refractivity contribution >= 4 is 17.5 Å². The summed E-state index contributed by atoms with van der Waals surface area (Å²) in [6, 6.07) is 8.19. The van der Waals surface area contributed by atoms with Crippen LogP contribution in [-0.4, -0.2) is 54.3 Å². The van der Waals surface area contributed by atoms with E-state index >= 15 is 0 Å². The first-order valence-corrected chi connectivity index (χ1v) is 8.78. The second-order valence-electron chi connectivity index (χ2n) is 7.31. The molecule has 2 heterocycles. The van der Waals surface area contributed by atoms with Gasteiger partial charge in [-0.05, 0) is 43.9 Å². The summed E-state index contributed by atoms with van der Waals surface area (Å²) in [4.78, 5) is 31.2. The van der Waals surface area contributed by atoms with Gasteiger partial charge < -0.3 is 14.7 Å². The van der Waals surface area contributed by atoms with Crippen molar-refractivity contribution in [2.75, 3.05) is 32.1 Å². The summed E-state index contributed by atoms with van der Waals surface area (Å²) in [7, 11) is 4.01. The summed E-state index contributed by atoms with van der Waals surface area (Å²) < 4.78 is 0. The molecule has 0 unspecified atom stereocenters. The number of nitrogens with zero attached hydrogens (tertiary/aromatic N) is 3. The Morgan fingerprint density at radius 1 is 1.17 bits per heavy atom.